The number of nitrogens with zero attached hydrogens (tertiary/aromatic N) is 1. The maximum absolute atomic E-state index is 5.59. The molecule has 1 atom stereocenters. The smallest absolute Gasteiger partial charge is 0.122 e. The number of hydrogen-bond acceptors (Lipinski definition) is 3. The van der Waals surface area contributed by atoms with Crippen molar-refractivity contribution < 1.29 is 4.74 Å². The molecule has 2 heterocycles. The number of ether oxygens (including phenoxy) is 1. The molecule has 1 aromatic rings. The molecule has 0 spiro atoms. The van der Waals surface area contributed by atoms with Gasteiger partial charge in [-0.15, -0.1) is 0 Å². The van der Waals surface area contributed by atoms with Crippen LogP contribution in [0.3, 0.4) is 0 Å². The molecule has 1 saturated heterocycles. The van der Waals surface area contributed by atoms with E-state index in [1.165, 1.54) is 56.6 Å². The molecule has 0 bridgehead atoms. The fourth-order valence-electron chi connectivity index (χ4n) is 3.52. The first-order chi connectivity index (χ1) is 10.3. The monoisotopic (exact) mass is 288 g/mol. The molecule has 0 radical (unpaired) electrons. The minimum absolute atomic E-state index is 0.713. The van der Waals surface area contributed by atoms with Crippen molar-refractivity contribution in [3.63, 3.8) is 0 Å². The summed E-state index contributed by atoms with van der Waals surface area (Å²) in [6, 6.07) is 7.45. The average Bonchev–Trinajstić information content (AvgIpc) is 3.15. The van der Waals surface area contributed by atoms with Crippen molar-refractivity contribution in [3.05, 3.63) is 29.3 Å². The van der Waals surface area contributed by atoms with Crippen LogP contribution in [0, 0.1) is 0 Å². The number of hydrogen-bond donors (Lipinski definition) is 1. The third-order valence-corrected chi connectivity index (χ3v) is 4.65. The van der Waals surface area contributed by atoms with Crippen molar-refractivity contribution in [3.8, 4) is 5.75 Å². The summed E-state index contributed by atoms with van der Waals surface area (Å²) >= 11 is 0. The van der Waals surface area contributed by atoms with E-state index in [1.807, 2.05) is 0 Å². The van der Waals surface area contributed by atoms with E-state index >= 15 is 0 Å². The summed E-state index contributed by atoms with van der Waals surface area (Å²) in [5.74, 6) is 1.10. The van der Waals surface area contributed by atoms with Crippen molar-refractivity contribution in [2.45, 2.75) is 45.1 Å². The van der Waals surface area contributed by atoms with Gasteiger partial charge in [-0.1, -0.05) is 19.1 Å². The summed E-state index contributed by atoms with van der Waals surface area (Å²) in [6.07, 6.45) is 6.16. The second-order valence-corrected chi connectivity index (χ2v) is 6.38. The lowest BCUT2D eigenvalue weighted by Gasteiger charge is -2.25. The van der Waals surface area contributed by atoms with Crippen LogP contribution in [0.5, 0.6) is 5.75 Å². The van der Waals surface area contributed by atoms with Gasteiger partial charge < -0.3 is 15.0 Å². The van der Waals surface area contributed by atoms with Crippen molar-refractivity contribution in [1.29, 1.82) is 0 Å². The summed E-state index contributed by atoms with van der Waals surface area (Å²) < 4.78 is 5.59. The quantitative estimate of drug-likeness (QED) is 0.835. The molecule has 0 saturated carbocycles. The van der Waals surface area contributed by atoms with E-state index in [9.17, 15) is 0 Å². The standard InChI is InChI=1S/C18H28N2O/c1-2-10-20(14-17-4-3-9-19-17)11-7-15-5-6-18-16(13-15)8-12-21-18/h5-6,13,17,19H,2-4,7-12,14H2,1H3. The summed E-state index contributed by atoms with van der Waals surface area (Å²) in [6.45, 7) is 7.94. The molecule has 1 fully saturated rings. The molecule has 2 aliphatic rings. The highest BCUT2D eigenvalue weighted by molar-refractivity contribution is 5.39. The second-order valence-electron chi connectivity index (χ2n) is 6.38. The normalized spacial score (nSPS) is 20.8. The number of rotatable bonds is 7. The number of nitrogens with one attached hydrogen (secondary N) is 1. The average molecular weight is 288 g/mol. The highest BCUT2D eigenvalue weighted by atomic mass is 16.5. The zero-order valence-corrected chi connectivity index (χ0v) is 13.2. The first kappa shape index (κ1) is 14.9. The Hall–Kier alpha value is -1.06. The van der Waals surface area contributed by atoms with E-state index in [-0.39, 0.29) is 0 Å². The molecule has 0 aromatic heterocycles. The fraction of sp³-hybridized carbons (Fsp3) is 0.667. The van der Waals surface area contributed by atoms with Gasteiger partial charge in [-0.25, -0.2) is 0 Å². The summed E-state index contributed by atoms with van der Waals surface area (Å²) in [5, 5.41) is 3.62. The molecule has 2 aliphatic heterocycles. The molecule has 0 aliphatic carbocycles. The molecule has 3 rings (SSSR count). The first-order valence-corrected chi connectivity index (χ1v) is 8.55. The lowest BCUT2D eigenvalue weighted by atomic mass is 10.1. The second kappa shape index (κ2) is 7.28. The van der Waals surface area contributed by atoms with E-state index in [1.54, 1.807) is 0 Å². The van der Waals surface area contributed by atoms with E-state index in [2.05, 4.69) is 35.3 Å². The largest absolute Gasteiger partial charge is 0.493 e. The Kier molecular flexibility index (Phi) is 5.15. The zero-order chi connectivity index (χ0) is 14.5. The molecule has 1 aromatic carbocycles. The van der Waals surface area contributed by atoms with Gasteiger partial charge in [-0.3, -0.25) is 0 Å². The van der Waals surface area contributed by atoms with Crippen LogP contribution in [0.1, 0.15) is 37.3 Å². The Bertz CT molecular complexity index is 455. The molecule has 0 amide bonds. The van der Waals surface area contributed by atoms with Gasteiger partial charge in [0.05, 0.1) is 6.61 Å². The maximum atomic E-state index is 5.59. The molecule has 3 heteroatoms. The molecular weight excluding hydrogens is 260 g/mol. The van der Waals surface area contributed by atoms with Crippen molar-refractivity contribution >= 4 is 0 Å². The molecule has 116 valence electrons. The van der Waals surface area contributed by atoms with Crippen LogP contribution in [-0.4, -0.2) is 43.7 Å². The lowest BCUT2D eigenvalue weighted by molar-refractivity contribution is 0.252. The van der Waals surface area contributed by atoms with Gasteiger partial charge in [0.2, 0.25) is 0 Å². The van der Waals surface area contributed by atoms with Crippen molar-refractivity contribution in [2.24, 2.45) is 0 Å². The highest BCUT2D eigenvalue weighted by Gasteiger charge is 2.18. The number of benzene rings is 1. The molecule has 1 N–H and O–H groups in total. The molecule has 1 unspecified atom stereocenters. The Morgan fingerprint density at radius 3 is 3.10 bits per heavy atom. The first-order valence-electron chi connectivity index (χ1n) is 8.55. The minimum atomic E-state index is 0.713. The summed E-state index contributed by atoms with van der Waals surface area (Å²) in [5.41, 5.74) is 2.85. The highest BCUT2D eigenvalue weighted by Crippen LogP contribution is 2.26. The Morgan fingerprint density at radius 2 is 2.29 bits per heavy atom. The van der Waals surface area contributed by atoms with Crippen LogP contribution in [0.2, 0.25) is 0 Å². The minimum Gasteiger partial charge on any atom is -0.493 e. The van der Waals surface area contributed by atoms with E-state index in [4.69, 9.17) is 4.74 Å². The van der Waals surface area contributed by atoms with E-state index in [0.717, 1.165) is 25.2 Å². The van der Waals surface area contributed by atoms with Gasteiger partial charge >= 0.3 is 0 Å². The molecular formula is C18H28N2O. The Labute approximate surface area is 128 Å². The predicted molar refractivity (Wildman–Crippen MR) is 87.1 cm³/mol. The van der Waals surface area contributed by atoms with Crippen molar-refractivity contribution in [2.75, 3.05) is 32.8 Å². The predicted octanol–water partition coefficient (Wildman–Crippen LogP) is 2.63. The van der Waals surface area contributed by atoms with Gasteiger partial charge in [-0.2, -0.15) is 0 Å². The maximum Gasteiger partial charge on any atom is 0.122 e. The zero-order valence-electron chi connectivity index (χ0n) is 13.2. The van der Waals surface area contributed by atoms with Crippen LogP contribution < -0.4 is 10.1 Å². The van der Waals surface area contributed by atoms with Crippen molar-refractivity contribution in [1.82, 2.24) is 10.2 Å². The fourth-order valence-corrected chi connectivity index (χ4v) is 3.52. The third-order valence-electron chi connectivity index (χ3n) is 4.65. The van der Waals surface area contributed by atoms with Crippen LogP contribution >= 0.6 is 0 Å². The van der Waals surface area contributed by atoms with Crippen LogP contribution in [0.25, 0.3) is 0 Å². The molecule has 21 heavy (non-hydrogen) atoms. The van der Waals surface area contributed by atoms with E-state index < -0.39 is 0 Å². The van der Waals surface area contributed by atoms with Gasteiger partial charge in [0.25, 0.3) is 0 Å². The summed E-state index contributed by atoms with van der Waals surface area (Å²) in [4.78, 5) is 2.63. The van der Waals surface area contributed by atoms with E-state index in [0.29, 0.717) is 6.04 Å². The topological polar surface area (TPSA) is 24.5 Å². The number of fused-ring (bicyclic) bond motifs is 1. The third kappa shape index (κ3) is 3.98. The summed E-state index contributed by atoms with van der Waals surface area (Å²) in [7, 11) is 0. The van der Waals surface area contributed by atoms with Gasteiger partial charge in [-0.05, 0) is 56.0 Å². The van der Waals surface area contributed by atoms with Gasteiger partial charge in [0.1, 0.15) is 5.75 Å². The van der Waals surface area contributed by atoms with Crippen LogP contribution in [0.15, 0.2) is 18.2 Å². The SMILES string of the molecule is CCCN(CCc1ccc2c(c1)CCO2)CC1CCCN1. The van der Waals surface area contributed by atoms with Gasteiger partial charge in [0, 0.05) is 25.6 Å². The van der Waals surface area contributed by atoms with Crippen LogP contribution in [0.4, 0.5) is 0 Å². The Morgan fingerprint density at radius 1 is 1.33 bits per heavy atom. The molecule has 3 nitrogen and oxygen atoms in total. The Balaban J connectivity index is 1.53. The van der Waals surface area contributed by atoms with Crippen LogP contribution in [-0.2, 0) is 12.8 Å². The lowest BCUT2D eigenvalue weighted by Crippen LogP contribution is -2.39. The van der Waals surface area contributed by atoms with Gasteiger partial charge in [0.15, 0.2) is 0 Å².